The molecule has 1 heterocycles. The number of rotatable bonds is 8. The molecule has 33 heavy (non-hydrogen) atoms. The minimum absolute atomic E-state index is 0.0863. The van der Waals surface area contributed by atoms with E-state index in [0.717, 1.165) is 15.6 Å². The summed E-state index contributed by atoms with van der Waals surface area (Å²) in [5.41, 5.74) is 1.80. The highest BCUT2D eigenvalue weighted by Crippen LogP contribution is 2.28. The summed E-state index contributed by atoms with van der Waals surface area (Å²) in [5, 5.41) is 3.31. The van der Waals surface area contributed by atoms with Crippen LogP contribution in [0.15, 0.2) is 94.3 Å². The summed E-state index contributed by atoms with van der Waals surface area (Å²) in [6, 6.07) is 24.1. The average Bonchev–Trinajstić information content (AvgIpc) is 3.11. The summed E-state index contributed by atoms with van der Waals surface area (Å²) in [5.74, 6) is -0.326. The number of sulfone groups is 1. The van der Waals surface area contributed by atoms with Gasteiger partial charge in [-0.2, -0.15) is 4.31 Å². The Morgan fingerprint density at radius 2 is 1.42 bits per heavy atom. The van der Waals surface area contributed by atoms with Gasteiger partial charge in [-0.15, -0.1) is 0 Å². The van der Waals surface area contributed by atoms with Crippen molar-refractivity contribution in [3.05, 3.63) is 101 Å². The van der Waals surface area contributed by atoms with Crippen molar-refractivity contribution in [3.63, 3.8) is 0 Å². The van der Waals surface area contributed by atoms with E-state index in [9.17, 15) is 16.8 Å². The maximum atomic E-state index is 13.8. The molecule has 2 atom stereocenters. The van der Waals surface area contributed by atoms with Crippen molar-refractivity contribution in [2.75, 3.05) is 11.5 Å². The minimum Gasteiger partial charge on any atom is -0.307 e. The summed E-state index contributed by atoms with van der Waals surface area (Å²) in [4.78, 5) is 0.132. The second kappa shape index (κ2) is 10.1. The first-order chi connectivity index (χ1) is 15.7. The number of nitrogens with one attached hydrogen (secondary N) is 1. The van der Waals surface area contributed by atoms with E-state index >= 15 is 0 Å². The molecule has 0 aromatic heterocycles. The summed E-state index contributed by atoms with van der Waals surface area (Å²) >= 11 is 3.34. The van der Waals surface area contributed by atoms with Gasteiger partial charge in [0, 0.05) is 23.6 Å². The minimum atomic E-state index is -3.96. The molecule has 0 saturated carbocycles. The van der Waals surface area contributed by atoms with Crippen molar-refractivity contribution in [3.8, 4) is 0 Å². The Kier molecular flexibility index (Phi) is 7.35. The first-order valence-corrected chi connectivity index (χ1v) is 14.6. The first kappa shape index (κ1) is 24.1. The Bertz CT molecular complexity index is 1280. The summed E-state index contributed by atoms with van der Waals surface area (Å²) < 4.78 is 54.9. The normalized spacial score (nSPS) is 20.2. The van der Waals surface area contributed by atoms with Crippen LogP contribution in [-0.4, -0.2) is 44.7 Å². The Morgan fingerprint density at radius 3 is 2.03 bits per heavy atom. The lowest BCUT2D eigenvalue weighted by atomic mass is 10.1. The lowest BCUT2D eigenvalue weighted by Crippen LogP contribution is -2.51. The van der Waals surface area contributed by atoms with Crippen LogP contribution in [-0.2, 0) is 33.0 Å². The second-order valence-corrected chi connectivity index (χ2v) is 13.1. The number of benzene rings is 3. The molecule has 0 amide bonds. The summed E-state index contributed by atoms with van der Waals surface area (Å²) in [7, 11) is -7.37. The molecular weight excluding hydrogens is 524 g/mol. The molecule has 0 bridgehead atoms. The van der Waals surface area contributed by atoms with Crippen LogP contribution >= 0.6 is 15.9 Å². The molecule has 6 nitrogen and oxygen atoms in total. The van der Waals surface area contributed by atoms with Crippen molar-refractivity contribution in [2.24, 2.45) is 0 Å². The van der Waals surface area contributed by atoms with E-state index in [-0.39, 0.29) is 22.9 Å². The number of hydrogen-bond acceptors (Lipinski definition) is 5. The highest BCUT2D eigenvalue weighted by Gasteiger charge is 2.45. The fraction of sp³-hybridized carbons (Fsp3) is 0.250. The lowest BCUT2D eigenvalue weighted by Gasteiger charge is -2.32. The third-order valence-electron chi connectivity index (χ3n) is 5.71. The monoisotopic (exact) mass is 548 g/mol. The van der Waals surface area contributed by atoms with Crippen LogP contribution in [0.1, 0.15) is 11.1 Å². The molecule has 3 aromatic rings. The van der Waals surface area contributed by atoms with Gasteiger partial charge in [0.15, 0.2) is 9.84 Å². The molecule has 0 radical (unpaired) electrons. The van der Waals surface area contributed by atoms with Crippen molar-refractivity contribution in [1.82, 2.24) is 9.62 Å². The zero-order valence-corrected chi connectivity index (χ0v) is 21.1. The maximum absolute atomic E-state index is 13.8. The van der Waals surface area contributed by atoms with Gasteiger partial charge in [0.1, 0.15) is 0 Å². The molecular formula is C24H25BrN2O4S2. The third-order valence-corrected chi connectivity index (χ3v) is 9.84. The molecule has 4 rings (SSSR count). The SMILES string of the molecule is O=S1(=O)C[C@H](NCc2ccccc2)[C@@H](N(Cc2ccccc2)S(=O)(=O)c2ccc(Br)cc2)C1. The van der Waals surface area contributed by atoms with Gasteiger partial charge in [-0.1, -0.05) is 76.6 Å². The highest BCUT2D eigenvalue weighted by molar-refractivity contribution is 9.10. The van der Waals surface area contributed by atoms with Gasteiger partial charge >= 0.3 is 0 Å². The van der Waals surface area contributed by atoms with Crippen LogP contribution in [0, 0.1) is 0 Å². The molecule has 0 aliphatic carbocycles. The Morgan fingerprint density at radius 1 is 0.848 bits per heavy atom. The Balaban J connectivity index is 1.69. The van der Waals surface area contributed by atoms with Crippen molar-refractivity contribution < 1.29 is 16.8 Å². The van der Waals surface area contributed by atoms with Gasteiger partial charge in [0.05, 0.1) is 22.4 Å². The van der Waals surface area contributed by atoms with E-state index in [4.69, 9.17) is 0 Å². The smallest absolute Gasteiger partial charge is 0.243 e. The van der Waals surface area contributed by atoms with Gasteiger partial charge in [-0.25, -0.2) is 16.8 Å². The zero-order valence-electron chi connectivity index (χ0n) is 17.8. The van der Waals surface area contributed by atoms with Gasteiger partial charge in [0.2, 0.25) is 10.0 Å². The van der Waals surface area contributed by atoms with Crippen molar-refractivity contribution >= 4 is 35.8 Å². The fourth-order valence-electron chi connectivity index (χ4n) is 4.04. The van der Waals surface area contributed by atoms with E-state index in [1.54, 1.807) is 12.1 Å². The topological polar surface area (TPSA) is 83.6 Å². The molecule has 1 N–H and O–H groups in total. The van der Waals surface area contributed by atoms with E-state index in [0.29, 0.717) is 6.54 Å². The zero-order chi connectivity index (χ0) is 23.5. The molecule has 3 aromatic carbocycles. The van der Waals surface area contributed by atoms with E-state index < -0.39 is 31.9 Å². The van der Waals surface area contributed by atoms with Gasteiger partial charge < -0.3 is 5.32 Å². The fourth-order valence-corrected chi connectivity index (χ4v) is 8.00. The number of sulfonamides is 1. The predicted molar refractivity (Wildman–Crippen MR) is 133 cm³/mol. The summed E-state index contributed by atoms with van der Waals surface area (Å²) in [6.07, 6.45) is 0. The maximum Gasteiger partial charge on any atom is 0.243 e. The van der Waals surface area contributed by atoms with Crippen LogP contribution in [0.3, 0.4) is 0 Å². The van der Waals surface area contributed by atoms with E-state index in [1.165, 1.54) is 16.4 Å². The van der Waals surface area contributed by atoms with Crippen molar-refractivity contribution in [2.45, 2.75) is 30.1 Å². The van der Waals surface area contributed by atoms with E-state index in [1.807, 2.05) is 60.7 Å². The van der Waals surface area contributed by atoms with Crippen LogP contribution in [0.25, 0.3) is 0 Å². The molecule has 0 spiro atoms. The number of halogens is 1. The summed E-state index contributed by atoms with van der Waals surface area (Å²) in [6.45, 7) is 0.540. The quantitative estimate of drug-likeness (QED) is 0.465. The molecule has 1 aliphatic heterocycles. The third kappa shape index (κ3) is 5.91. The van der Waals surface area contributed by atoms with Gasteiger partial charge in [-0.05, 0) is 35.4 Å². The molecule has 1 saturated heterocycles. The Labute approximate surface area is 203 Å². The molecule has 0 unspecified atom stereocenters. The second-order valence-electron chi connectivity index (χ2n) is 8.11. The lowest BCUT2D eigenvalue weighted by molar-refractivity contribution is 0.286. The van der Waals surface area contributed by atoms with Crippen LogP contribution in [0.4, 0.5) is 0 Å². The van der Waals surface area contributed by atoms with Gasteiger partial charge in [0.25, 0.3) is 0 Å². The molecule has 9 heteroatoms. The first-order valence-electron chi connectivity index (χ1n) is 10.5. The standard InChI is InChI=1S/C24H25BrN2O4S2/c25-21-11-13-22(14-12-21)33(30,31)27(16-20-9-5-2-6-10-20)24-18-32(28,29)17-23(24)26-15-19-7-3-1-4-8-19/h1-14,23-24,26H,15-18H2/t23-,24-/m0/s1. The highest BCUT2D eigenvalue weighted by atomic mass is 79.9. The molecule has 174 valence electrons. The van der Waals surface area contributed by atoms with Crippen LogP contribution in [0.5, 0.6) is 0 Å². The number of hydrogen-bond donors (Lipinski definition) is 1. The molecule has 1 fully saturated rings. The molecule has 1 aliphatic rings. The van der Waals surface area contributed by atoms with Crippen LogP contribution < -0.4 is 5.32 Å². The number of nitrogens with zero attached hydrogens (tertiary/aromatic N) is 1. The van der Waals surface area contributed by atoms with Crippen molar-refractivity contribution in [1.29, 1.82) is 0 Å². The van der Waals surface area contributed by atoms with E-state index in [2.05, 4.69) is 21.2 Å². The predicted octanol–water partition coefficient (Wildman–Crippen LogP) is 3.60. The van der Waals surface area contributed by atoms with Gasteiger partial charge in [-0.3, -0.25) is 0 Å². The Hall–Kier alpha value is -2.04. The average molecular weight is 550 g/mol. The largest absolute Gasteiger partial charge is 0.307 e. The van der Waals surface area contributed by atoms with Crippen LogP contribution in [0.2, 0.25) is 0 Å².